The Morgan fingerprint density at radius 1 is 1.39 bits per heavy atom. The van der Waals surface area contributed by atoms with Crippen LogP contribution in [0.25, 0.3) is 0 Å². The van der Waals surface area contributed by atoms with Gasteiger partial charge in [0.05, 0.1) is 4.90 Å². The summed E-state index contributed by atoms with van der Waals surface area (Å²) in [6, 6.07) is 5.67. The number of ketones is 1. The fraction of sp³-hybridized carbons (Fsp3) is 0.308. The summed E-state index contributed by atoms with van der Waals surface area (Å²) < 4.78 is 26.5. The smallest absolute Gasteiger partial charge is 0.240 e. The molecule has 0 aliphatic rings. The highest BCUT2D eigenvalue weighted by Gasteiger charge is 2.16. The molecule has 1 atom stereocenters. The fourth-order valence-electron chi connectivity index (χ4n) is 1.50. The Bertz CT molecular complexity index is 532. The lowest BCUT2D eigenvalue weighted by Gasteiger charge is -2.12. The first-order valence-corrected chi connectivity index (χ1v) is 7.09. The van der Waals surface area contributed by atoms with E-state index in [4.69, 9.17) is 0 Å². The van der Waals surface area contributed by atoms with Crippen LogP contribution in [0.1, 0.15) is 30.6 Å². The van der Waals surface area contributed by atoms with Gasteiger partial charge in [0.2, 0.25) is 10.0 Å². The number of benzene rings is 1. The number of carbonyl (C=O) groups is 1. The number of rotatable bonds is 6. The summed E-state index contributed by atoms with van der Waals surface area (Å²) in [5.41, 5.74) is 0.494. The largest absolute Gasteiger partial charge is 0.295 e. The van der Waals surface area contributed by atoms with Gasteiger partial charge in [0.15, 0.2) is 5.78 Å². The van der Waals surface area contributed by atoms with E-state index in [0.29, 0.717) is 12.0 Å². The molecule has 0 aromatic heterocycles. The minimum atomic E-state index is -3.53. The van der Waals surface area contributed by atoms with Gasteiger partial charge >= 0.3 is 0 Å². The second-order valence-corrected chi connectivity index (χ2v) is 5.84. The highest BCUT2D eigenvalue weighted by Crippen LogP contribution is 2.12. The Morgan fingerprint density at radius 2 is 1.94 bits per heavy atom. The van der Waals surface area contributed by atoms with Crippen molar-refractivity contribution in [1.29, 1.82) is 0 Å². The van der Waals surface area contributed by atoms with Gasteiger partial charge in [0.1, 0.15) is 0 Å². The van der Waals surface area contributed by atoms with Crippen LogP contribution in [0.5, 0.6) is 0 Å². The second-order valence-electron chi connectivity index (χ2n) is 4.13. The molecule has 0 aliphatic carbocycles. The quantitative estimate of drug-likeness (QED) is 0.634. The normalized spacial score (nSPS) is 13.0. The van der Waals surface area contributed by atoms with Gasteiger partial charge in [0.25, 0.3) is 0 Å². The summed E-state index contributed by atoms with van der Waals surface area (Å²) in [6.07, 6.45) is 2.22. The van der Waals surface area contributed by atoms with Gasteiger partial charge in [-0.3, -0.25) is 4.79 Å². The first kappa shape index (κ1) is 14.6. The molecule has 1 aromatic carbocycles. The van der Waals surface area contributed by atoms with Crippen molar-refractivity contribution in [2.24, 2.45) is 0 Å². The van der Waals surface area contributed by atoms with Gasteiger partial charge in [-0.05, 0) is 32.4 Å². The highest BCUT2D eigenvalue weighted by molar-refractivity contribution is 7.89. The first-order chi connectivity index (χ1) is 8.36. The molecule has 0 saturated carbocycles. The van der Waals surface area contributed by atoms with E-state index in [-0.39, 0.29) is 16.7 Å². The molecular weight excluding hydrogens is 250 g/mol. The lowest BCUT2D eigenvalue weighted by atomic mass is 10.2. The van der Waals surface area contributed by atoms with Crippen molar-refractivity contribution in [3.8, 4) is 0 Å². The van der Waals surface area contributed by atoms with Crippen LogP contribution in [0.2, 0.25) is 0 Å². The highest BCUT2D eigenvalue weighted by atomic mass is 32.2. The van der Waals surface area contributed by atoms with E-state index in [1.165, 1.54) is 31.2 Å². The van der Waals surface area contributed by atoms with Crippen LogP contribution in [-0.2, 0) is 10.0 Å². The second kappa shape index (κ2) is 5.93. The molecule has 5 heteroatoms. The Morgan fingerprint density at radius 3 is 2.39 bits per heavy atom. The predicted octanol–water partition coefficient (Wildman–Crippen LogP) is 2.13. The van der Waals surface area contributed by atoms with Crippen molar-refractivity contribution in [1.82, 2.24) is 4.72 Å². The maximum atomic E-state index is 12.0. The summed E-state index contributed by atoms with van der Waals surface area (Å²) in [4.78, 5) is 11.2. The van der Waals surface area contributed by atoms with Crippen LogP contribution in [0.4, 0.5) is 0 Å². The van der Waals surface area contributed by atoms with Gasteiger partial charge in [-0.25, -0.2) is 13.1 Å². The van der Waals surface area contributed by atoms with Crippen LogP contribution < -0.4 is 4.72 Å². The average molecular weight is 267 g/mol. The minimum Gasteiger partial charge on any atom is -0.295 e. The summed E-state index contributed by atoms with van der Waals surface area (Å²) in [6.45, 7) is 6.77. The van der Waals surface area contributed by atoms with Crippen LogP contribution in [0, 0.1) is 0 Å². The molecule has 0 heterocycles. The number of carbonyl (C=O) groups excluding carboxylic acids is 1. The van der Waals surface area contributed by atoms with E-state index in [0.717, 1.165) is 0 Å². The molecular formula is C13H17NO3S. The zero-order valence-corrected chi connectivity index (χ0v) is 11.3. The Balaban J connectivity index is 2.91. The van der Waals surface area contributed by atoms with Gasteiger partial charge in [0, 0.05) is 11.6 Å². The monoisotopic (exact) mass is 267 g/mol. The molecule has 1 unspecified atom stereocenters. The molecule has 1 N–H and O–H groups in total. The molecule has 0 radical (unpaired) electrons. The molecule has 1 rings (SSSR count). The van der Waals surface area contributed by atoms with Crippen LogP contribution in [0.3, 0.4) is 0 Å². The maximum absolute atomic E-state index is 12.0. The van der Waals surface area contributed by atoms with Gasteiger partial charge < -0.3 is 0 Å². The first-order valence-electron chi connectivity index (χ1n) is 5.61. The molecule has 98 valence electrons. The third-order valence-corrected chi connectivity index (χ3v) is 4.05. The summed E-state index contributed by atoms with van der Waals surface area (Å²) >= 11 is 0. The molecule has 18 heavy (non-hydrogen) atoms. The lowest BCUT2D eigenvalue weighted by molar-refractivity contribution is 0.101. The van der Waals surface area contributed by atoms with E-state index in [2.05, 4.69) is 11.3 Å². The van der Waals surface area contributed by atoms with Crippen LogP contribution in [-0.4, -0.2) is 20.2 Å². The molecule has 0 aliphatic heterocycles. The SMILES string of the molecule is C=CCC(C)NS(=O)(=O)c1ccc(C(C)=O)cc1. The van der Waals surface area contributed by atoms with Crippen LogP contribution >= 0.6 is 0 Å². The van der Waals surface area contributed by atoms with Gasteiger partial charge in [-0.15, -0.1) is 6.58 Å². The standard InChI is InChI=1S/C13H17NO3S/c1-4-5-10(2)14-18(16,17)13-8-6-12(7-9-13)11(3)15/h4,6-10,14H,1,5H2,2-3H3. The van der Waals surface area contributed by atoms with Crippen molar-refractivity contribution in [3.05, 3.63) is 42.5 Å². The van der Waals surface area contributed by atoms with Crippen molar-refractivity contribution in [2.75, 3.05) is 0 Å². The molecule has 1 aromatic rings. The van der Waals surface area contributed by atoms with Crippen molar-refractivity contribution >= 4 is 15.8 Å². The summed E-state index contributed by atoms with van der Waals surface area (Å²) in [7, 11) is -3.53. The Kier molecular flexibility index (Phi) is 4.81. The van der Waals surface area contributed by atoms with E-state index < -0.39 is 10.0 Å². The zero-order chi connectivity index (χ0) is 13.8. The number of nitrogens with one attached hydrogen (secondary N) is 1. The Hall–Kier alpha value is -1.46. The lowest BCUT2D eigenvalue weighted by Crippen LogP contribution is -2.32. The van der Waals surface area contributed by atoms with E-state index in [1.807, 2.05) is 0 Å². The van der Waals surface area contributed by atoms with Crippen molar-refractivity contribution in [2.45, 2.75) is 31.2 Å². The van der Waals surface area contributed by atoms with E-state index in [9.17, 15) is 13.2 Å². The maximum Gasteiger partial charge on any atom is 0.240 e. The molecule has 0 bridgehead atoms. The molecule has 0 saturated heterocycles. The van der Waals surface area contributed by atoms with Gasteiger partial charge in [-0.2, -0.15) is 0 Å². The zero-order valence-electron chi connectivity index (χ0n) is 10.5. The molecule has 0 spiro atoms. The van der Waals surface area contributed by atoms with E-state index >= 15 is 0 Å². The third kappa shape index (κ3) is 3.78. The molecule has 4 nitrogen and oxygen atoms in total. The van der Waals surface area contributed by atoms with Gasteiger partial charge in [-0.1, -0.05) is 18.2 Å². The topological polar surface area (TPSA) is 63.2 Å². The molecule has 0 amide bonds. The summed E-state index contributed by atoms with van der Waals surface area (Å²) in [5.74, 6) is -0.0908. The average Bonchev–Trinajstić information content (AvgIpc) is 2.28. The predicted molar refractivity (Wildman–Crippen MR) is 71.0 cm³/mol. The number of sulfonamides is 1. The third-order valence-electron chi connectivity index (χ3n) is 2.45. The number of hydrogen-bond donors (Lipinski definition) is 1. The summed E-state index contributed by atoms with van der Waals surface area (Å²) in [5, 5.41) is 0. The Labute approximate surface area is 108 Å². The number of hydrogen-bond acceptors (Lipinski definition) is 3. The minimum absolute atomic E-state index is 0.0908. The van der Waals surface area contributed by atoms with Crippen molar-refractivity contribution in [3.63, 3.8) is 0 Å². The molecule has 0 fully saturated rings. The van der Waals surface area contributed by atoms with Crippen molar-refractivity contribution < 1.29 is 13.2 Å². The van der Waals surface area contributed by atoms with Crippen LogP contribution in [0.15, 0.2) is 41.8 Å². The van der Waals surface area contributed by atoms with E-state index in [1.54, 1.807) is 13.0 Å². The number of Topliss-reactive ketones (excluding diaryl/α,β-unsaturated/α-hetero) is 1. The fourth-order valence-corrected chi connectivity index (χ4v) is 2.76.